The summed E-state index contributed by atoms with van der Waals surface area (Å²) in [4.78, 5) is 57.5. The Kier molecular flexibility index (Phi) is 8.05. The third-order valence-corrected chi connectivity index (χ3v) is 9.47. The largest absolute Gasteiger partial charge is 0.455 e. The number of benzene rings is 2. The Balaban J connectivity index is 1.27. The third-order valence-electron chi connectivity index (χ3n) is 9.14. The van der Waals surface area contributed by atoms with Gasteiger partial charge in [0.1, 0.15) is 29.9 Å². The van der Waals surface area contributed by atoms with Crippen LogP contribution in [-0.2, 0) is 14.4 Å². The second kappa shape index (κ2) is 11.9. The van der Waals surface area contributed by atoms with E-state index < -0.39 is 30.4 Å². The number of hydrogen-bond donors (Lipinski definition) is 3. The summed E-state index contributed by atoms with van der Waals surface area (Å²) in [6, 6.07) is 12.7. The lowest BCUT2D eigenvalue weighted by atomic mass is 9.91. The highest BCUT2D eigenvalue weighted by molar-refractivity contribution is 6.35. The predicted molar refractivity (Wildman–Crippen MR) is 156 cm³/mol. The number of hydrogen-bond acceptors (Lipinski definition) is 6. The van der Waals surface area contributed by atoms with Crippen LogP contribution in [0.4, 0.5) is 0 Å². The maximum atomic E-state index is 14.0. The van der Waals surface area contributed by atoms with E-state index in [0.29, 0.717) is 46.8 Å². The van der Waals surface area contributed by atoms with Crippen LogP contribution in [0.25, 0.3) is 10.9 Å². The topological polar surface area (TPSA) is 129 Å². The standard InChI is InChI=1S/C32H34ClN3O6/c33-23-12-13-28(42-20-8-2-1-3-9-20)29-22(23)15-25(34-29)32(41)36-16-19-7-4-10-21(19)30(36)31(40)35-24(27(39)17-37)14-18-6-5-11-26(18)38/h1-3,8-9,12-13,15,18-19,21,24,30,34,37H,4-7,10-11,14,16-17H2,(H,35,40)/t18-,19-,21-,24-,30-/m0/s1. The molecule has 0 spiro atoms. The van der Waals surface area contributed by atoms with Gasteiger partial charge in [0.2, 0.25) is 5.91 Å². The number of rotatable bonds is 9. The first-order valence-corrected chi connectivity index (χ1v) is 15.0. The number of nitrogens with zero attached hydrogens (tertiary/aromatic N) is 1. The summed E-state index contributed by atoms with van der Waals surface area (Å²) < 4.78 is 6.07. The van der Waals surface area contributed by atoms with Gasteiger partial charge in [-0.25, -0.2) is 0 Å². The zero-order valence-corrected chi connectivity index (χ0v) is 23.9. The highest BCUT2D eigenvalue weighted by Crippen LogP contribution is 2.43. The van der Waals surface area contributed by atoms with Crippen molar-refractivity contribution in [3.63, 3.8) is 0 Å². The fourth-order valence-electron chi connectivity index (χ4n) is 7.04. The number of likely N-dealkylation sites (tertiary alicyclic amines) is 1. The summed E-state index contributed by atoms with van der Waals surface area (Å²) in [5, 5.41) is 13.5. The average molecular weight is 592 g/mol. The van der Waals surface area contributed by atoms with Crippen LogP contribution < -0.4 is 10.1 Å². The van der Waals surface area contributed by atoms with Gasteiger partial charge >= 0.3 is 0 Å². The number of nitrogens with one attached hydrogen (secondary N) is 2. The van der Waals surface area contributed by atoms with Gasteiger partial charge < -0.3 is 25.0 Å². The number of ketones is 2. The molecule has 0 radical (unpaired) electrons. The molecule has 3 N–H and O–H groups in total. The van der Waals surface area contributed by atoms with Crippen molar-refractivity contribution in [3.8, 4) is 11.5 Å². The van der Waals surface area contributed by atoms with E-state index in [1.54, 1.807) is 23.1 Å². The first kappa shape index (κ1) is 28.4. The number of aromatic nitrogens is 1. The quantitative estimate of drug-likeness (QED) is 0.332. The molecule has 2 amide bonds. The van der Waals surface area contributed by atoms with Crippen molar-refractivity contribution in [2.45, 2.75) is 57.0 Å². The van der Waals surface area contributed by atoms with Gasteiger partial charge in [-0.05, 0) is 74.3 Å². The summed E-state index contributed by atoms with van der Waals surface area (Å²) in [5.74, 6) is -0.210. The Labute approximate surface area is 248 Å². The molecule has 42 heavy (non-hydrogen) atoms. The molecule has 2 heterocycles. The van der Waals surface area contributed by atoms with E-state index in [9.17, 15) is 24.3 Å². The fraction of sp³-hybridized carbons (Fsp3) is 0.438. The molecule has 9 nitrogen and oxygen atoms in total. The molecule has 1 aliphatic heterocycles. The lowest BCUT2D eigenvalue weighted by Gasteiger charge is -2.29. The lowest BCUT2D eigenvalue weighted by molar-refractivity contribution is -0.133. The number of aliphatic hydroxyl groups excluding tert-OH is 1. The van der Waals surface area contributed by atoms with E-state index in [2.05, 4.69) is 10.3 Å². The number of H-pyrrole nitrogens is 1. The summed E-state index contributed by atoms with van der Waals surface area (Å²) >= 11 is 6.51. The molecular formula is C32H34ClN3O6. The van der Waals surface area contributed by atoms with Crippen LogP contribution in [-0.4, -0.2) is 63.6 Å². The monoisotopic (exact) mass is 591 g/mol. The molecule has 10 heteroatoms. The average Bonchev–Trinajstić information content (AvgIpc) is 3.78. The Morgan fingerprint density at radius 3 is 2.64 bits per heavy atom. The van der Waals surface area contributed by atoms with Crippen molar-refractivity contribution >= 4 is 45.9 Å². The molecule has 5 atom stereocenters. The smallest absolute Gasteiger partial charge is 0.271 e. The number of carbonyl (C=O) groups is 4. The number of para-hydroxylation sites is 1. The number of aromatic amines is 1. The SMILES string of the molecule is O=C1CCC[C@H]1C[C@H](NC(=O)[C@@H]1[C@H]2CCC[C@H]2CN1C(=O)c1cc2c(Cl)ccc(Oc3ccccc3)c2[nH]1)C(=O)CO. The van der Waals surface area contributed by atoms with Crippen molar-refractivity contribution < 1.29 is 29.0 Å². The highest BCUT2D eigenvalue weighted by atomic mass is 35.5. The van der Waals surface area contributed by atoms with Crippen LogP contribution in [0.2, 0.25) is 5.02 Å². The van der Waals surface area contributed by atoms with E-state index in [1.807, 2.05) is 30.3 Å². The molecule has 3 aromatic rings. The lowest BCUT2D eigenvalue weighted by Crippen LogP contribution is -2.53. The van der Waals surface area contributed by atoms with Crippen molar-refractivity contribution in [1.29, 1.82) is 0 Å². The van der Waals surface area contributed by atoms with E-state index >= 15 is 0 Å². The number of halogens is 1. The van der Waals surface area contributed by atoms with Crippen LogP contribution >= 0.6 is 11.6 Å². The molecule has 2 saturated carbocycles. The van der Waals surface area contributed by atoms with Gasteiger partial charge in [-0.3, -0.25) is 19.2 Å². The minimum atomic E-state index is -0.975. The molecule has 0 bridgehead atoms. The van der Waals surface area contributed by atoms with E-state index in [1.165, 1.54) is 0 Å². The number of fused-ring (bicyclic) bond motifs is 2. The molecule has 2 aliphatic carbocycles. The summed E-state index contributed by atoms with van der Waals surface area (Å²) in [5.41, 5.74) is 0.859. The first-order chi connectivity index (χ1) is 20.3. The van der Waals surface area contributed by atoms with Gasteiger partial charge in [0, 0.05) is 24.3 Å². The van der Waals surface area contributed by atoms with Gasteiger partial charge in [0.25, 0.3) is 5.91 Å². The molecular weight excluding hydrogens is 558 g/mol. The fourth-order valence-corrected chi connectivity index (χ4v) is 7.25. The van der Waals surface area contributed by atoms with Crippen LogP contribution in [0.3, 0.4) is 0 Å². The van der Waals surface area contributed by atoms with Crippen molar-refractivity contribution in [3.05, 3.63) is 59.2 Å². The second-order valence-electron chi connectivity index (χ2n) is 11.7. The zero-order valence-electron chi connectivity index (χ0n) is 23.2. The van der Waals surface area contributed by atoms with Crippen molar-refractivity contribution in [2.24, 2.45) is 17.8 Å². The molecule has 3 aliphatic rings. The Hall–Kier alpha value is -3.69. The maximum Gasteiger partial charge on any atom is 0.271 e. The first-order valence-electron chi connectivity index (χ1n) is 14.7. The van der Waals surface area contributed by atoms with Crippen LogP contribution in [0.5, 0.6) is 11.5 Å². The molecule has 6 rings (SSSR count). The number of Topliss-reactive ketones (excluding diaryl/α,β-unsaturated/α-hetero) is 2. The van der Waals surface area contributed by atoms with E-state index in [-0.39, 0.29) is 41.6 Å². The number of ether oxygens (including phenoxy) is 1. The minimum Gasteiger partial charge on any atom is -0.455 e. The van der Waals surface area contributed by atoms with Gasteiger partial charge in [0.05, 0.1) is 16.6 Å². The summed E-state index contributed by atoms with van der Waals surface area (Å²) in [7, 11) is 0. The molecule has 1 saturated heterocycles. The molecule has 1 aromatic heterocycles. The van der Waals surface area contributed by atoms with Crippen molar-refractivity contribution in [1.82, 2.24) is 15.2 Å². The van der Waals surface area contributed by atoms with Crippen LogP contribution in [0.1, 0.15) is 55.4 Å². The number of amides is 2. The highest BCUT2D eigenvalue weighted by Gasteiger charge is 2.50. The summed E-state index contributed by atoms with van der Waals surface area (Å²) in [6.07, 6.45) is 4.77. The Bertz CT molecular complexity index is 1520. The molecule has 0 unspecified atom stereocenters. The summed E-state index contributed by atoms with van der Waals surface area (Å²) in [6.45, 7) is -0.299. The molecule has 220 valence electrons. The normalized spacial score (nSPS) is 24.1. The second-order valence-corrected chi connectivity index (χ2v) is 12.1. The zero-order chi connectivity index (χ0) is 29.4. The van der Waals surface area contributed by atoms with Crippen LogP contribution in [0.15, 0.2) is 48.5 Å². The van der Waals surface area contributed by atoms with Crippen LogP contribution in [0, 0.1) is 17.8 Å². The van der Waals surface area contributed by atoms with Crippen molar-refractivity contribution in [2.75, 3.05) is 13.2 Å². The molecule has 3 fully saturated rings. The molecule has 2 aromatic carbocycles. The van der Waals surface area contributed by atoms with E-state index in [0.717, 1.165) is 25.7 Å². The van der Waals surface area contributed by atoms with Gasteiger partial charge in [0.15, 0.2) is 11.5 Å². The Morgan fingerprint density at radius 1 is 1.10 bits per heavy atom. The maximum absolute atomic E-state index is 14.0. The predicted octanol–water partition coefficient (Wildman–Crippen LogP) is 4.66. The minimum absolute atomic E-state index is 0.0307. The third kappa shape index (κ3) is 5.43. The van der Waals surface area contributed by atoms with E-state index in [4.69, 9.17) is 16.3 Å². The number of aliphatic hydroxyl groups is 1. The van der Waals surface area contributed by atoms with Gasteiger partial charge in [-0.15, -0.1) is 0 Å². The van der Waals surface area contributed by atoms with Gasteiger partial charge in [-0.2, -0.15) is 0 Å². The van der Waals surface area contributed by atoms with Gasteiger partial charge in [-0.1, -0.05) is 36.2 Å². The Morgan fingerprint density at radius 2 is 1.90 bits per heavy atom. The number of carbonyl (C=O) groups excluding carboxylic acids is 4.